The predicted octanol–water partition coefficient (Wildman–Crippen LogP) is 6.17. The summed E-state index contributed by atoms with van der Waals surface area (Å²) in [4.78, 5) is 24.8. The van der Waals surface area contributed by atoms with E-state index in [4.69, 9.17) is 9.47 Å². The van der Waals surface area contributed by atoms with Crippen molar-refractivity contribution < 1.29 is 27.5 Å². The van der Waals surface area contributed by atoms with E-state index in [9.17, 15) is 18.0 Å². The van der Waals surface area contributed by atoms with Crippen molar-refractivity contribution >= 4 is 67.0 Å². The van der Waals surface area contributed by atoms with Gasteiger partial charge in [-0.1, -0.05) is 24.3 Å². The van der Waals surface area contributed by atoms with Gasteiger partial charge in [-0.05, 0) is 118 Å². The Morgan fingerprint density at radius 3 is 1.23 bits per heavy atom. The highest BCUT2D eigenvalue weighted by molar-refractivity contribution is 14.1. The molecule has 0 saturated heterocycles. The fourth-order valence-corrected chi connectivity index (χ4v) is 5.56. The smallest absolute Gasteiger partial charge is 0.344 e. The molecule has 4 rings (SSSR count). The van der Waals surface area contributed by atoms with E-state index in [1.807, 2.05) is 57.3 Å². The number of carbonyl (C=O) groups is 2. The van der Waals surface area contributed by atoms with Crippen LogP contribution in [0.3, 0.4) is 0 Å². The molecule has 0 spiro atoms. The van der Waals surface area contributed by atoms with Crippen molar-refractivity contribution in [3.8, 4) is 11.5 Å². The minimum Gasteiger partial charge on any atom is -0.423 e. The van der Waals surface area contributed by atoms with Gasteiger partial charge in [0.25, 0.3) is 0 Å². The zero-order chi connectivity index (χ0) is 25.0. The zero-order valence-corrected chi connectivity index (χ0v) is 23.0. The summed E-state index contributed by atoms with van der Waals surface area (Å²) in [6, 6.07) is 25.2. The molecule has 0 bridgehead atoms. The highest BCUT2D eigenvalue weighted by atomic mass is 127. The second-order valence-electron chi connectivity index (χ2n) is 7.18. The Hall–Kier alpha value is -2.77. The van der Waals surface area contributed by atoms with E-state index in [2.05, 4.69) is 0 Å². The molecule has 6 nitrogen and oxygen atoms in total. The normalized spacial score (nSPS) is 11.0. The molecule has 4 aromatic rings. The summed E-state index contributed by atoms with van der Waals surface area (Å²) >= 11 is 4.09. The number of benzene rings is 4. The molecular weight excluding hydrogens is 694 g/mol. The Labute approximate surface area is 229 Å². The van der Waals surface area contributed by atoms with E-state index < -0.39 is 21.8 Å². The number of carbonyl (C=O) groups excluding carboxylic acids is 2. The minimum absolute atomic E-state index is 0.0372. The van der Waals surface area contributed by atoms with Crippen molar-refractivity contribution in [1.82, 2.24) is 0 Å². The number of ether oxygens (including phenoxy) is 2. The van der Waals surface area contributed by atoms with Crippen LogP contribution in [0.15, 0.2) is 107 Å². The Morgan fingerprint density at radius 1 is 0.543 bits per heavy atom. The first-order chi connectivity index (χ1) is 16.8. The van der Waals surface area contributed by atoms with Gasteiger partial charge in [-0.15, -0.1) is 0 Å². The summed E-state index contributed by atoms with van der Waals surface area (Å²) in [6.07, 6.45) is 0. The highest BCUT2D eigenvalue weighted by Crippen LogP contribution is 2.26. The van der Waals surface area contributed by atoms with E-state index in [0.29, 0.717) is 11.1 Å². The molecule has 0 aliphatic carbocycles. The molecule has 0 aromatic heterocycles. The summed E-state index contributed by atoms with van der Waals surface area (Å²) in [5.74, 6) is -0.598. The molecule has 0 amide bonds. The van der Waals surface area contributed by atoms with Crippen LogP contribution in [0.5, 0.6) is 11.5 Å². The molecule has 0 unspecified atom stereocenters. The van der Waals surface area contributed by atoms with Gasteiger partial charge < -0.3 is 9.47 Å². The van der Waals surface area contributed by atoms with Gasteiger partial charge in [0.1, 0.15) is 11.5 Å². The lowest BCUT2D eigenvalue weighted by Gasteiger charge is -2.09. The molecule has 35 heavy (non-hydrogen) atoms. The number of hydrogen-bond donors (Lipinski definition) is 0. The predicted molar refractivity (Wildman–Crippen MR) is 147 cm³/mol. The molecule has 176 valence electrons. The molecular formula is C26H16I2O6S. The molecule has 9 heteroatoms. The van der Waals surface area contributed by atoms with Crippen LogP contribution in [0, 0.1) is 7.14 Å². The van der Waals surface area contributed by atoms with E-state index in [-0.39, 0.29) is 21.3 Å². The van der Waals surface area contributed by atoms with Crippen LogP contribution in [0.25, 0.3) is 0 Å². The summed E-state index contributed by atoms with van der Waals surface area (Å²) in [5, 5.41) is 0. The van der Waals surface area contributed by atoms with Gasteiger partial charge in [-0.2, -0.15) is 0 Å². The first-order valence-corrected chi connectivity index (χ1v) is 13.8. The van der Waals surface area contributed by atoms with Gasteiger partial charge in [0.2, 0.25) is 9.84 Å². The number of esters is 2. The van der Waals surface area contributed by atoms with Gasteiger partial charge in [0.05, 0.1) is 20.9 Å². The van der Waals surface area contributed by atoms with Crippen LogP contribution in [-0.4, -0.2) is 20.4 Å². The number of hydrogen-bond acceptors (Lipinski definition) is 6. The van der Waals surface area contributed by atoms with Crippen molar-refractivity contribution in [2.75, 3.05) is 0 Å². The summed E-state index contributed by atoms with van der Waals surface area (Å²) in [6.45, 7) is 0. The van der Waals surface area contributed by atoms with Crippen LogP contribution in [-0.2, 0) is 9.84 Å². The monoisotopic (exact) mass is 710 g/mol. The summed E-state index contributed by atoms with van der Waals surface area (Å²) < 4.78 is 38.3. The second-order valence-corrected chi connectivity index (χ2v) is 11.5. The molecule has 0 saturated carbocycles. The third kappa shape index (κ3) is 5.90. The Bertz CT molecular complexity index is 1390. The largest absolute Gasteiger partial charge is 0.423 e. The van der Waals surface area contributed by atoms with E-state index >= 15 is 0 Å². The van der Waals surface area contributed by atoms with Crippen molar-refractivity contribution in [2.45, 2.75) is 9.79 Å². The lowest BCUT2D eigenvalue weighted by Crippen LogP contribution is -2.10. The molecule has 0 N–H and O–H groups in total. The topological polar surface area (TPSA) is 86.7 Å². The Morgan fingerprint density at radius 2 is 0.886 bits per heavy atom. The molecule has 0 radical (unpaired) electrons. The zero-order valence-electron chi connectivity index (χ0n) is 17.9. The summed E-state index contributed by atoms with van der Waals surface area (Å²) in [5.41, 5.74) is 0.847. The van der Waals surface area contributed by atoms with E-state index in [1.54, 1.807) is 36.4 Å². The van der Waals surface area contributed by atoms with Gasteiger partial charge >= 0.3 is 11.9 Å². The number of halogens is 2. The lowest BCUT2D eigenvalue weighted by atomic mass is 10.2. The van der Waals surface area contributed by atoms with Crippen LogP contribution in [0.4, 0.5) is 0 Å². The van der Waals surface area contributed by atoms with Crippen LogP contribution in [0.1, 0.15) is 20.7 Å². The maximum Gasteiger partial charge on any atom is 0.344 e. The summed E-state index contributed by atoms with van der Waals surface area (Å²) in [7, 11) is -3.83. The standard InChI is InChI=1S/C26H16I2O6S/c27-23-7-3-1-5-21(23)25(29)33-17-9-13-19(14-10-17)35(31,32)20-15-11-18(12-16-20)34-26(30)22-6-2-4-8-24(22)28/h1-16H. The number of rotatable bonds is 6. The Kier molecular flexibility index (Phi) is 7.87. The fraction of sp³-hybridized carbons (Fsp3) is 0. The van der Waals surface area contributed by atoms with Crippen LogP contribution >= 0.6 is 45.2 Å². The van der Waals surface area contributed by atoms with Gasteiger partial charge in [0, 0.05) is 7.14 Å². The van der Waals surface area contributed by atoms with Crippen molar-refractivity contribution in [3.63, 3.8) is 0 Å². The van der Waals surface area contributed by atoms with Crippen molar-refractivity contribution in [2.24, 2.45) is 0 Å². The maximum absolute atomic E-state index is 13.0. The van der Waals surface area contributed by atoms with Gasteiger partial charge in [0.15, 0.2) is 0 Å². The molecule has 4 aromatic carbocycles. The lowest BCUT2D eigenvalue weighted by molar-refractivity contribution is 0.0724. The second kappa shape index (κ2) is 10.9. The van der Waals surface area contributed by atoms with Crippen molar-refractivity contribution in [1.29, 1.82) is 0 Å². The van der Waals surface area contributed by atoms with Gasteiger partial charge in [-0.3, -0.25) is 0 Å². The molecule has 0 atom stereocenters. The van der Waals surface area contributed by atoms with E-state index in [1.165, 1.54) is 48.5 Å². The third-order valence-electron chi connectivity index (χ3n) is 4.88. The SMILES string of the molecule is O=C(Oc1ccc(S(=O)(=O)c2ccc(OC(=O)c3ccccc3I)cc2)cc1)c1ccccc1I. The molecule has 0 aliphatic heterocycles. The van der Waals surface area contributed by atoms with Gasteiger partial charge in [-0.25, -0.2) is 18.0 Å². The average Bonchev–Trinajstić information content (AvgIpc) is 2.85. The molecule has 0 aliphatic rings. The third-order valence-corrected chi connectivity index (χ3v) is 8.54. The van der Waals surface area contributed by atoms with Crippen LogP contribution in [0.2, 0.25) is 0 Å². The quantitative estimate of drug-likeness (QED) is 0.135. The van der Waals surface area contributed by atoms with Crippen LogP contribution < -0.4 is 9.47 Å². The average molecular weight is 710 g/mol. The molecule has 0 fully saturated rings. The fourth-order valence-electron chi connectivity index (χ4n) is 3.09. The first kappa shape index (κ1) is 25.3. The highest BCUT2D eigenvalue weighted by Gasteiger charge is 2.19. The number of sulfone groups is 1. The first-order valence-electron chi connectivity index (χ1n) is 10.1. The maximum atomic E-state index is 13.0. The minimum atomic E-state index is -3.83. The van der Waals surface area contributed by atoms with Crippen molar-refractivity contribution in [3.05, 3.63) is 115 Å². The molecule has 0 heterocycles. The van der Waals surface area contributed by atoms with E-state index in [0.717, 1.165) is 7.14 Å². The Balaban J connectivity index is 1.46.